The number of imide groups is 1. The molecule has 0 bridgehead atoms. The number of amides is 2. The van der Waals surface area contributed by atoms with Crippen LogP contribution in [0.5, 0.6) is 0 Å². The number of hydrogen-bond acceptors (Lipinski definition) is 3. The molecular weight excluding hydrogens is 306 g/mol. The second-order valence-electron chi connectivity index (χ2n) is 5.39. The van der Waals surface area contributed by atoms with Crippen molar-refractivity contribution in [2.75, 3.05) is 4.90 Å². The van der Waals surface area contributed by atoms with Gasteiger partial charge in [0.2, 0.25) is 0 Å². The summed E-state index contributed by atoms with van der Waals surface area (Å²) >= 11 is 0.989. The second-order valence-corrected chi connectivity index (χ2v) is 6.39. The van der Waals surface area contributed by atoms with Gasteiger partial charge in [-0.05, 0) is 60.0 Å². The number of aryl methyl sites for hydroxylation is 2. The summed E-state index contributed by atoms with van der Waals surface area (Å²) in [7, 11) is 0. The molecule has 1 aliphatic heterocycles. The summed E-state index contributed by atoms with van der Waals surface area (Å²) in [5, 5.41) is -0.251. The van der Waals surface area contributed by atoms with Gasteiger partial charge in [-0.2, -0.15) is 0 Å². The Kier molecular flexibility index (Phi) is 4.35. The minimum absolute atomic E-state index is 0.251. The molecule has 3 nitrogen and oxygen atoms in total. The summed E-state index contributed by atoms with van der Waals surface area (Å²) in [6.45, 7) is 4.06. The summed E-state index contributed by atoms with van der Waals surface area (Å²) in [6, 6.07) is 15.4. The highest BCUT2D eigenvalue weighted by molar-refractivity contribution is 8.19. The van der Waals surface area contributed by atoms with Gasteiger partial charge in [0.25, 0.3) is 11.1 Å². The lowest BCUT2D eigenvalue weighted by atomic mass is 10.1. The van der Waals surface area contributed by atoms with Crippen molar-refractivity contribution in [3.8, 4) is 0 Å². The van der Waals surface area contributed by atoms with Crippen molar-refractivity contribution < 1.29 is 9.59 Å². The van der Waals surface area contributed by atoms with E-state index in [1.165, 1.54) is 10.5 Å². The quantitative estimate of drug-likeness (QED) is 0.762. The topological polar surface area (TPSA) is 37.4 Å². The van der Waals surface area contributed by atoms with Crippen molar-refractivity contribution in [1.29, 1.82) is 0 Å². The third-order valence-electron chi connectivity index (χ3n) is 3.87. The molecule has 2 aromatic rings. The van der Waals surface area contributed by atoms with E-state index in [0.29, 0.717) is 10.6 Å². The Bertz CT molecular complexity index is 793. The first-order valence-corrected chi connectivity index (χ1v) is 8.34. The van der Waals surface area contributed by atoms with Gasteiger partial charge in [0.1, 0.15) is 0 Å². The fraction of sp³-hybridized carbons (Fsp3) is 0.158. The molecule has 1 heterocycles. The van der Waals surface area contributed by atoms with Crippen LogP contribution in [0.2, 0.25) is 0 Å². The van der Waals surface area contributed by atoms with Gasteiger partial charge in [0.15, 0.2) is 0 Å². The summed E-state index contributed by atoms with van der Waals surface area (Å²) in [6.07, 6.45) is 2.72. The maximum Gasteiger partial charge on any atom is 0.298 e. The predicted octanol–water partition coefficient (Wildman–Crippen LogP) is 4.80. The summed E-state index contributed by atoms with van der Waals surface area (Å²) < 4.78 is 0. The minimum Gasteiger partial charge on any atom is -0.268 e. The van der Waals surface area contributed by atoms with Gasteiger partial charge in [-0.3, -0.25) is 9.59 Å². The molecule has 1 fully saturated rings. The number of rotatable bonds is 3. The van der Waals surface area contributed by atoms with Crippen LogP contribution in [-0.4, -0.2) is 11.1 Å². The van der Waals surface area contributed by atoms with Crippen LogP contribution in [0.3, 0.4) is 0 Å². The third kappa shape index (κ3) is 3.08. The average Bonchev–Trinajstić information content (AvgIpc) is 2.84. The molecule has 0 spiro atoms. The zero-order valence-corrected chi connectivity index (χ0v) is 13.9. The van der Waals surface area contributed by atoms with Gasteiger partial charge in [-0.25, -0.2) is 4.90 Å². The van der Waals surface area contributed by atoms with E-state index in [2.05, 4.69) is 6.92 Å². The highest BCUT2D eigenvalue weighted by Crippen LogP contribution is 2.36. The smallest absolute Gasteiger partial charge is 0.268 e. The van der Waals surface area contributed by atoms with Crippen molar-refractivity contribution >= 4 is 34.7 Å². The van der Waals surface area contributed by atoms with Crippen molar-refractivity contribution in [3.05, 3.63) is 70.1 Å². The van der Waals surface area contributed by atoms with E-state index in [1.807, 2.05) is 55.5 Å². The molecule has 0 radical (unpaired) electrons. The zero-order valence-electron chi connectivity index (χ0n) is 13.1. The summed E-state index contributed by atoms with van der Waals surface area (Å²) in [5.74, 6) is -0.257. The maximum atomic E-state index is 12.6. The molecule has 23 heavy (non-hydrogen) atoms. The molecular formula is C19H17NO2S. The third-order valence-corrected chi connectivity index (χ3v) is 4.74. The number of benzene rings is 2. The van der Waals surface area contributed by atoms with Crippen LogP contribution in [0, 0.1) is 6.92 Å². The van der Waals surface area contributed by atoms with E-state index in [4.69, 9.17) is 0 Å². The maximum absolute atomic E-state index is 12.6. The number of hydrogen-bond donors (Lipinski definition) is 0. The van der Waals surface area contributed by atoms with Crippen LogP contribution in [-0.2, 0) is 11.2 Å². The first-order valence-electron chi connectivity index (χ1n) is 7.52. The molecule has 0 aromatic heterocycles. The molecule has 0 N–H and O–H groups in total. The van der Waals surface area contributed by atoms with E-state index >= 15 is 0 Å². The number of carbonyl (C=O) groups excluding carboxylic acids is 2. The lowest BCUT2D eigenvalue weighted by molar-refractivity contribution is -0.113. The van der Waals surface area contributed by atoms with Gasteiger partial charge < -0.3 is 0 Å². The van der Waals surface area contributed by atoms with Gasteiger partial charge in [0.05, 0.1) is 10.6 Å². The van der Waals surface area contributed by atoms with E-state index in [0.717, 1.165) is 29.3 Å². The van der Waals surface area contributed by atoms with Crippen molar-refractivity contribution in [2.45, 2.75) is 20.3 Å². The molecule has 4 heteroatoms. The molecule has 1 aliphatic rings. The predicted molar refractivity (Wildman–Crippen MR) is 95.4 cm³/mol. The second kappa shape index (κ2) is 6.42. The normalized spacial score (nSPS) is 16.4. The molecule has 116 valence electrons. The molecule has 0 saturated carbocycles. The zero-order chi connectivity index (χ0) is 16.4. The fourth-order valence-corrected chi connectivity index (χ4v) is 3.29. The van der Waals surface area contributed by atoms with E-state index in [-0.39, 0.29) is 11.1 Å². The van der Waals surface area contributed by atoms with Gasteiger partial charge in [0, 0.05) is 0 Å². The summed E-state index contributed by atoms with van der Waals surface area (Å²) in [4.78, 5) is 26.6. The molecule has 3 rings (SSSR count). The Balaban J connectivity index is 1.92. The number of carbonyl (C=O) groups is 2. The first-order chi connectivity index (χ1) is 11.1. The SMILES string of the molecule is CCc1ccc(N2C(=O)S/C(=C\c3ccccc3C)C2=O)cc1. The highest BCUT2D eigenvalue weighted by Gasteiger charge is 2.36. The largest absolute Gasteiger partial charge is 0.298 e. The molecule has 0 aliphatic carbocycles. The number of anilines is 1. The van der Waals surface area contributed by atoms with Crippen LogP contribution in [0.15, 0.2) is 53.4 Å². The molecule has 0 atom stereocenters. The summed E-state index contributed by atoms with van der Waals surface area (Å²) in [5.41, 5.74) is 3.83. The lowest BCUT2D eigenvalue weighted by Gasteiger charge is -2.12. The van der Waals surface area contributed by atoms with E-state index in [9.17, 15) is 9.59 Å². The van der Waals surface area contributed by atoms with Crippen LogP contribution in [0.4, 0.5) is 10.5 Å². The fourth-order valence-electron chi connectivity index (χ4n) is 2.46. The first kappa shape index (κ1) is 15.6. The Morgan fingerprint density at radius 3 is 2.39 bits per heavy atom. The monoisotopic (exact) mass is 323 g/mol. The Morgan fingerprint density at radius 1 is 1.04 bits per heavy atom. The lowest BCUT2D eigenvalue weighted by Crippen LogP contribution is -2.27. The Labute approximate surface area is 140 Å². The van der Waals surface area contributed by atoms with Crippen LogP contribution < -0.4 is 4.90 Å². The highest BCUT2D eigenvalue weighted by atomic mass is 32.2. The number of thioether (sulfide) groups is 1. The van der Waals surface area contributed by atoms with Crippen LogP contribution in [0.1, 0.15) is 23.6 Å². The molecule has 0 unspecified atom stereocenters. The Hall–Kier alpha value is -2.33. The van der Waals surface area contributed by atoms with Crippen LogP contribution >= 0.6 is 11.8 Å². The molecule has 2 amide bonds. The number of nitrogens with zero attached hydrogens (tertiary/aromatic N) is 1. The molecule has 1 saturated heterocycles. The van der Waals surface area contributed by atoms with Crippen LogP contribution in [0.25, 0.3) is 6.08 Å². The standard InChI is InChI=1S/C19H17NO2S/c1-3-14-8-10-16(11-9-14)20-18(21)17(23-19(20)22)12-15-7-5-4-6-13(15)2/h4-12H,3H2,1-2H3/b17-12-. The van der Waals surface area contributed by atoms with Crippen molar-refractivity contribution in [2.24, 2.45) is 0 Å². The van der Waals surface area contributed by atoms with Gasteiger partial charge in [-0.1, -0.05) is 43.3 Å². The van der Waals surface area contributed by atoms with E-state index in [1.54, 1.807) is 6.08 Å². The van der Waals surface area contributed by atoms with Gasteiger partial charge >= 0.3 is 0 Å². The van der Waals surface area contributed by atoms with E-state index < -0.39 is 0 Å². The minimum atomic E-state index is -0.257. The average molecular weight is 323 g/mol. The molecule has 2 aromatic carbocycles. The van der Waals surface area contributed by atoms with Crippen molar-refractivity contribution in [3.63, 3.8) is 0 Å². The Morgan fingerprint density at radius 2 is 1.74 bits per heavy atom. The van der Waals surface area contributed by atoms with Gasteiger partial charge in [-0.15, -0.1) is 0 Å². The van der Waals surface area contributed by atoms with Crippen molar-refractivity contribution in [1.82, 2.24) is 0 Å².